The van der Waals surface area contributed by atoms with Crippen LogP contribution in [0.25, 0.3) is 0 Å². The average molecular weight is 362 g/mol. The Bertz CT molecular complexity index is 468. The molecule has 0 aliphatic carbocycles. The van der Waals surface area contributed by atoms with Gasteiger partial charge in [-0.2, -0.15) is 0 Å². The summed E-state index contributed by atoms with van der Waals surface area (Å²) in [5.74, 6) is 1.42. The van der Waals surface area contributed by atoms with E-state index in [1.807, 2.05) is 12.1 Å². The van der Waals surface area contributed by atoms with E-state index in [0.717, 1.165) is 17.9 Å². The van der Waals surface area contributed by atoms with Crippen LogP contribution in [0, 0.1) is 0 Å². The van der Waals surface area contributed by atoms with E-state index in [-0.39, 0.29) is 5.97 Å². The van der Waals surface area contributed by atoms with Gasteiger partial charge in [-0.25, -0.2) is 0 Å². The second-order valence-corrected chi connectivity index (χ2v) is 6.48. The predicted molar refractivity (Wildman–Crippen MR) is 95.9 cm³/mol. The first-order valence-corrected chi connectivity index (χ1v) is 8.83. The van der Waals surface area contributed by atoms with E-state index in [2.05, 4.69) is 5.32 Å². The summed E-state index contributed by atoms with van der Waals surface area (Å²) in [4.78, 5) is 11.1. The molecular formula is C15H20ClNO3S2. The van der Waals surface area contributed by atoms with Crippen molar-refractivity contribution in [3.63, 3.8) is 0 Å². The van der Waals surface area contributed by atoms with Gasteiger partial charge in [0.1, 0.15) is 16.7 Å². The highest BCUT2D eigenvalue weighted by molar-refractivity contribution is 8.22. The maximum absolute atomic E-state index is 11.1. The fraction of sp³-hybridized carbons (Fsp3) is 0.467. The van der Waals surface area contributed by atoms with Crippen molar-refractivity contribution in [1.82, 2.24) is 5.32 Å². The molecule has 4 nitrogen and oxygen atoms in total. The SMILES string of the molecule is CCOC(=O)CCCSC(=S)NCCOc1ccc(Cl)cc1. The third-order valence-electron chi connectivity index (χ3n) is 2.52. The molecule has 0 saturated heterocycles. The van der Waals surface area contributed by atoms with Gasteiger partial charge in [0.25, 0.3) is 0 Å². The molecule has 0 spiro atoms. The van der Waals surface area contributed by atoms with Crippen LogP contribution in [-0.2, 0) is 9.53 Å². The van der Waals surface area contributed by atoms with E-state index in [9.17, 15) is 4.79 Å². The highest BCUT2D eigenvalue weighted by Gasteiger charge is 2.02. The van der Waals surface area contributed by atoms with E-state index in [0.29, 0.717) is 35.5 Å². The van der Waals surface area contributed by atoms with Gasteiger partial charge in [0, 0.05) is 17.2 Å². The summed E-state index contributed by atoms with van der Waals surface area (Å²) in [5.41, 5.74) is 0. The Morgan fingerprint density at radius 2 is 2.09 bits per heavy atom. The number of thiocarbonyl (C=S) groups is 1. The van der Waals surface area contributed by atoms with Crippen molar-refractivity contribution in [2.75, 3.05) is 25.5 Å². The van der Waals surface area contributed by atoms with Crippen molar-refractivity contribution in [3.05, 3.63) is 29.3 Å². The second kappa shape index (κ2) is 11.6. The smallest absolute Gasteiger partial charge is 0.305 e. The zero-order chi connectivity index (χ0) is 16.2. The molecule has 0 atom stereocenters. The van der Waals surface area contributed by atoms with Crippen molar-refractivity contribution in [2.24, 2.45) is 0 Å². The maximum Gasteiger partial charge on any atom is 0.305 e. The van der Waals surface area contributed by atoms with Gasteiger partial charge in [-0.15, -0.1) is 0 Å². The van der Waals surface area contributed by atoms with Crippen molar-refractivity contribution >= 4 is 45.9 Å². The number of benzene rings is 1. The summed E-state index contributed by atoms with van der Waals surface area (Å²) in [6, 6.07) is 7.22. The number of halogens is 1. The van der Waals surface area contributed by atoms with Crippen LogP contribution in [0.15, 0.2) is 24.3 Å². The number of hydrogen-bond acceptors (Lipinski definition) is 5. The van der Waals surface area contributed by atoms with Crippen LogP contribution < -0.4 is 10.1 Å². The quantitative estimate of drug-likeness (QED) is 0.411. The Morgan fingerprint density at radius 1 is 1.36 bits per heavy atom. The molecular weight excluding hydrogens is 342 g/mol. The van der Waals surface area contributed by atoms with Gasteiger partial charge in [-0.1, -0.05) is 35.6 Å². The molecule has 22 heavy (non-hydrogen) atoms. The van der Waals surface area contributed by atoms with Crippen LogP contribution in [0.3, 0.4) is 0 Å². The number of ether oxygens (including phenoxy) is 2. The van der Waals surface area contributed by atoms with Crippen LogP contribution in [0.2, 0.25) is 5.02 Å². The number of rotatable bonds is 9. The normalized spacial score (nSPS) is 10.1. The summed E-state index contributed by atoms with van der Waals surface area (Å²) >= 11 is 12.5. The molecule has 0 saturated carbocycles. The van der Waals surface area contributed by atoms with Gasteiger partial charge in [-0.3, -0.25) is 4.79 Å². The Balaban J connectivity index is 2.01. The maximum atomic E-state index is 11.1. The largest absolute Gasteiger partial charge is 0.492 e. The summed E-state index contributed by atoms with van der Waals surface area (Å²) < 4.78 is 11.1. The topological polar surface area (TPSA) is 47.6 Å². The van der Waals surface area contributed by atoms with Gasteiger partial charge in [-0.05, 0) is 37.6 Å². The van der Waals surface area contributed by atoms with Crippen molar-refractivity contribution < 1.29 is 14.3 Å². The standard InChI is InChI=1S/C15H20ClNO3S2/c1-2-19-14(18)4-3-11-22-15(21)17-9-10-20-13-7-5-12(16)6-8-13/h5-8H,2-4,9-11H2,1H3,(H,17,21). The van der Waals surface area contributed by atoms with Crippen LogP contribution in [0.4, 0.5) is 0 Å². The molecule has 1 aromatic rings. The van der Waals surface area contributed by atoms with Gasteiger partial charge in [0.2, 0.25) is 0 Å². The molecule has 1 aromatic carbocycles. The monoisotopic (exact) mass is 361 g/mol. The lowest BCUT2D eigenvalue weighted by atomic mass is 10.3. The fourth-order valence-electron chi connectivity index (χ4n) is 1.52. The zero-order valence-corrected chi connectivity index (χ0v) is 14.9. The first kappa shape index (κ1) is 19.1. The Morgan fingerprint density at radius 3 is 2.77 bits per heavy atom. The molecule has 0 aliphatic heterocycles. The predicted octanol–water partition coefficient (Wildman–Crippen LogP) is 3.67. The van der Waals surface area contributed by atoms with Gasteiger partial charge >= 0.3 is 5.97 Å². The number of carbonyl (C=O) groups excluding carboxylic acids is 1. The highest BCUT2D eigenvalue weighted by atomic mass is 35.5. The Kier molecular flexibility index (Phi) is 10.0. The van der Waals surface area contributed by atoms with Crippen LogP contribution >= 0.6 is 35.6 Å². The summed E-state index contributed by atoms with van der Waals surface area (Å²) in [6.07, 6.45) is 1.19. The molecule has 0 radical (unpaired) electrons. The molecule has 0 bridgehead atoms. The lowest BCUT2D eigenvalue weighted by Gasteiger charge is -2.09. The number of hydrogen-bond donors (Lipinski definition) is 1. The fourth-order valence-corrected chi connectivity index (χ4v) is 2.67. The first-order chi connectivity index (χ1) is 10.6. The summed E-state index contributed by atoms with van der Waals surface area (Å²) in [5, 5.41) is 3.79. The third kappa shape index (κ3) is 9.12. The van der Waals surface area contributed by atoms with E-state index in [4.69, 9.17) is 33.3 Å². The zero-order valence-electron chi connectivity index (χ0n) is 12.5. The molecule has 1 N–H and O–H groups in total. The molecule has 0 heterocycles. The number of thioether (sulfide) groups is 1. The number of esters is 1. The van der Waals surface area contributed by atoms with Crippen LogP contribution in [-0.4, -0.2) is 35.8 Å². The molecule has 7 heteroatoms. The van der Waals surface area contributed by atoms with Crippen LogP contribution in [0.1, 0.15) is 19.8 Å². The Hall–Kier alpha value is -0.980. The van der Waals surface area contributed by atoms with Crippen LogP contribution in [0.5, 0.6) is 5.75 Å². The van der Waals surface area contributed by atoms with E-state index >= 15 is 0 Å². The summed E-state index contributed by atoms with van der Waals surface area (Å²) in [7, 11) is 0. The van der Waals surface area contributed by atoms with E-state index < -0.39 is 0 Å². The molecule has 0 aromatic heterocycles. The van der Waals surface area contributed by atoms with E-state index in [1.54, 1.807) is 19.1 Å². The first-order valence-electron chi connectivity index (χ1n) is 7.06. The van der Waals surface area contributed by atoms with Crippen molar-refractivity contribution in [1.29, 1.82) is 0 Å². The molecule has 122 valence electrons. The molecule has 1 rings (SSSR count). The second-order valence-electron chi connectivity index (χ2n) is 4.27. The third-order valence-corrected chi connectivity index (χ3v) is 4.17. The molecule has 0 fully saturated rings. The number of carbonyl (C=O) groups is 1. The lowest BCUT2D eigenvalue weighted by molar-refractivity contribution is -0.143. The van der Waals surface area contributed by atoms with Crippen molar-refractivity contribution in [2.45, 2.75) is 19.8 Å². The van der Waals surface area contributed by atoms with Crippen molar-refractivity contribution in [3.8, 4) is 5.75 Å². The molecule has 0 amide bonds. The minimum absolute atomic E-state index is 0.154. The average Bonchev–Trinajstić information content (AvgIpc) is 2.50. The molecule has 0 aliphatic rings. The van der Waals surface area contributed by atoms with Gasteiger partial charge in [0.15, 0.2) is 0 Å². The Labute approximate surface area is 145 Å². The minimum Gasteiger partial charge on any atom is -0.492 e. The minimum atomic E-state index is -0.154. The van der Waals surface area contributed by atoms with E-state index in [1.165, 1.54) is 11.8 Å². The van der Waals surface area contributed by atoms with Gasteiger partial charge in [0.05, 0.1) is 13.2 Å². The lowest BCUT2D eigenvalue weighted by Crippen LogP contribution is -2.24. The highest BCUT2D eigenvalue weighted by Crippen LogP contribution is 2.15. The summed E-state index contributed by atoms with van der Waals surface area (Å²) in [6.45, 7) is 3.38. The number of nitrogens with one attached hydrogen (secondary N) is 1. The molecule has 0 unspecified atom stereocenters. The van der Waals surface area contributed by atoms with Gasteiger partial charge < -0.3 is 14.8 Å².